The summed E-state index contributed by atoms with van der Waals surface area (Å²) in [5.74, 6) is -0.886. The number of benzene rings is 2. The summed E-state index contributed by atoms with van der Waals surface area (Å²) in [7, 11) is 3.56. The molecule has 0 amide bonds. The lowest BCUT2D eigenvalue weighted by Gasteiger charge is -2.19. The molecule has 4 aromatic rings. The van der Waals surface area contributed by atoms with Crippen LogP contribution in [0.25, 0.3) is 32.2 Å². The van der Waals surface area contributed by atoms with Gasteiger partial charge in [0.25, 0.3) is 0 Å². The van der Waals surface area contributed by atoms with Crippen molar-refractivity contribution in [3.05, 3.63) is 34.9 Å². The third-order valence-electron chi connectivity index (χ3n) is 6.04. The normalized spacial score (nSPS) is 18.4. The predicted octanol–water partition coefficient (Wildman–Crippen LogP) is 3.50. The van der Waals surface area contributed by atoms with Gasteiger partial charge in [0.15, 0.2) is 10.9 Å². The first-order valence-corrected chi connectivity index (χ1v) is 12.4. The Morgan fingerprint density at radius 2 is 1.97 bits per heavy atom. The zero-order chi connectivity index (χ0) is 25.6. The van der Waals surface area contributed by atoms with E-state index in [1.807, 2.05) is 7.05 Å². The van der Waals surface area contributed by atoms with Crippen molar-refractivity contribution in [1.82, 2.24) is 19.9 Å². The number of fused-ring (bicyclic) bond motifs is 2. The van der Waals surface area contributed by atoms with Crippen LogP contribution in [0.3, 0.4) is 0 Å². The van der Waals surface area contributed by atoms with Crippen molar-refractivity contribution in [2.45, 2.75) is 12.2 Å². The Morgan fingerprint density at radius 1 is 1.19 bits per heavy atom. The molecule has 13 heteroatoms. The molecule has 0 unspecified atom stereocenters. The quantitative estimate of drug-likeness (QED) is 0.326. The van der Waals surface area contributed by atoms with Crippen molar-refractivity contribution in [2.24, 2.45) is 5.73 Å². The number of nitrogens with two attached hydrogens (primary N) is 2. The first kappa shape index (κ1) is 24.8. The number of nitrogens with zero attached hydrogens (tertiary/aromatic N) is 4. The smallest absolute Gasteiger partial charge is 0.319 e. The number of nitrogens with one attached hydrogen (secondary N) is 1. The Kier molecular flexibility index (Phi) is 6.79. The summed E-state index contributed by atoms with van der Waals surface area (Å²) in [6, 6.07) is 4.21. The number of nitrogen functional groups attached to an aromatic ring is 1. The molecule has 5 rings (SSSR count). The number of rotatable bonds is 7. The number of methoxy groups -OCH3 is 1. The van der Waals surface area contributed by atoms with Gasteiger partial charge in [0.1, 0.15) is 29.4 Å². The van der Waals surface area contributed by atoms with Crippen molar-refractivity contribution in [2.75, 3.05) is 51.4 Å². The number of anilines is 2. The molecule has 1 saturated heterocycles. The summed E-state index contributed by atoms with van der Waals surface area (Å²) in [4.78, 5) is 15.1. The lowest BCUT2D eigenvalue weighted by atomic mass is 10.0. The van der Waals surface area contributed by atoms with Crippen LogP contribution < -0.4 is 21.5 Å². The van der Waals surface area contributed by atoms with Crippen LogP contribution >= 0.6 is 22.9 Å². The Labute approximate surface area is 214 Å². The second-order valence-electron chi connectivity index (χ2n) is 8.49. The van der Waals surface area contributed by atoms with Crippen LogP contribution in [0.2, 0.25) is 5.02 Å². The van der Waals surface area contributed by atoms with E-state index in [0.29, 0.717) is 42.9 Å². The van der Waals surface area contributed by atoms with E-state index in [1.54, 1.807) is 13.2 Å². The third kappa shape index (κ3) is 4.39. The average molecular weight is 536 g/mol. The minimum atomic E-state index is -0.716. The van der Waals surface area contributed by atoms with Crippen molar-refractivity contribution in [3.63, 3.8) is 0 Å². The summed E-state index contributed by atoms with van der Waals surface area (Å²) in [5, 5.41) is 3.69. The second kappa shape index (κ2) is 9.87. The Balaban J connectivity index is 1.68. The molecule has 9 nitrogen and oxygen atoms in total. The van der Waals surface area contributed by atoms with Gasteiger partial charge in [-0.05, 0) is 25.2 Å². The highest BCUT2D eigenvalue weighted by Gasteiger charge is 2.34. The molecular formula is C23H24ClF2N7O2S. The number of thiazole rings is 1. The predicted molar refractivity (Wildman–Crippen MR) is 138 cm³/mol. The Morgan fingerprint density at radius 3 is 2.72 bits per heavy atom. The monoisotopic (exact) mass is 535 g/mol. The van der Waals surface area contributed by atoms with Crippen molar-refractivity contribution in [1.29, 1.82) is 0 Å². The van der Waals surface area contributed by atoms with Crippen LogP contribution in [0.4, 0.5) is 19.7 Å². The average Bonchev–Trinajstić information content (AvgIpc) is 3.41. The van der Waals surface area contributed by atoms with E-state index in [-0.39, 0.29) is 49.7 Å². The topological polar surface area (TPSA) is 124 Å². The molecule has 36 heavy (non-hydrogen) atoms. The van der Waals surface area contributed by atoms with Gasteiger partial charge in [0.2, 0.25) is 0 Å². The molecule has 0 bridgehead atoms. The SMILES string of the molecule is CO[C@@H]1CN(C)C[C@H]1Oc1nc(NCCN)c2cc(Cl)c(-c3ccc(F)c4sc(N)nc34)c(F)c2n1. The fraction of sp³-hybridized carbons (Fsp3) is 0.348. The molecule has 1 aliphatic heterocycles. The summed E-state index contributed by atoms with van der Waals surface area (Å²) in [6.45, 7) is 1.99. The maximum atomic E-state index is 16.2. The molecule has 2 atom stereocenters. The van der Waals surface area contributed by atoms with Gasteiger partial charge in [-0.25, -0.2) is 13.8 Å². The lowest BCUT2D eigenvalue weighted by Crippen LogP contribution is -2.32. The van der Waals surface area contributed by atoms with Crippen LogP contribution in [0, 0.1) is 11.6 Å². The molecule has 2 aromatic heterocycles. The van der Waals surface area contributed by atoms with Gasteiger partial charge in [-0.1, -0.05) is 22.9 Å². The minimum Gasteiger partial charge on any atom is -0.456 e. The van der Waals surface area contributed by atoms with Crippen LogP contribution in [0.5, 0.6) is 6.01 Å². The zero-order valence-corrected chi connectivity index (χ0v) is 21.1. The van der Waals surface area contributed by atoms with Crippen LogP contribution in [0.1, 0.15) is 0 Å². The standard InChI is InChI=1S/C23H24ClF2N7O2S/c1-33-8-14(34-2)15(9-33)35-23-31-18-11(21(32-23)29-6-5-27)7-12(24)16(17(18)26)10-3-4-13(25)20-19(10)30-22(28)36-20/h3-4,7,14-15H,5-6,8-9,27H2,1-2H3,(H2,28,30)(H,29,31,32)/t14-,15-/m1/s1. The number of halogens is 3. The highest BCUT2D eigenvalue weighted by Crippen LogP contribution is 2.42. The van der Waals surface area contributed by atoms with Gasteiger partial charge in [0.05, 0.1) is 15.2 Å². The van der Waals surface area contributed by atoms with E-state index in [4.69, 9.17) is 32.5 Å². The molecule has 0 saturated carbocycles. The molecule has 3 heterocycles. The van der Waals surface area contributed by atoms with Gasteiger partial charge in [0, 0.05) is 49.8 Å². The number of aromatic nitrogens is 3. The van der Waals surface area contributed by atoms with E-state index in [0.717, 1.165) is 11.3 Å². The van der Waals surface area contributed by atoms with Crippen LogP contribution in [-0.2, 0) is 4.74 Å². The van der Waals surface area contributed by atoms with E-state index >= 15 is 4.39 Å². The number of likely N-dealkylation sites (tertiary alicyclic amines) is 1. The minimum absolute atomic E-state index is 0.0140. The van der Waals surface area contributed by atoms with Gasteiger partial charge < -0.3 is 26.3 Å². The summed E-state index contributed by atoms with van der Waals surface area (Å²) in [5.41, 5.74) is 12.0. The zero-order valence-electron chi connectivity index (χ0n) is 19.5. The molecular weight excluding hydrogens is 512 g/mol. The maximum absolute atomic E-state index is 16.2. The van der Waals surface area contributed by atoms with Gasteiger partial charge in [-0.15, -0.1) is 0 Å². The molecule has 0 aliphatic carbocycles. The van der Waals surface area contributed by atoms with E-state index in [1.165, 1.54) is 12.1 Å². The van der Waals surface area contributed by atoms with Gasteiger partial charge in [-0.2, -0.15) is 9.97 Å². The largest absolute Gasteiger partial charge is 0.456 e. The van der Waals surface area contributed by atoms with Crippen molar-refractivity contribution < 1.29 is 18.3 Å². The van der Waals surface area contributed by atoms with Crippen molar-refractivity contribution in [3.8, 4) is 17.1 Å². The third-order valence-corrected chi connectivity index (χ3v) is 7.23. The summed E-state index contributed by atoms with van der Waals surface area (Å²) >= 11 is 7.56. The molecule has 2 aromatic carbocycles. The Hall–Kier alpha value is -2.90. The summed E-state index contributed by atoms with van der Waals surface area (Å²) < 4.78 is 42.4. The van der Waals surface area contributed by atoms with Gasteiger partial charge >= 0.3 is 6.01 Å². The maximum Gasteiger partial charge on any atom is 0.319 e. The number of likely N-dealkylation sites (N-methyl/N-ethyl adjacent to an activating group) is 1. The second-order valence-corrected chi connectivity index (χ2v) is 9.93. The molecule has 5 N–H and O–H groups in total. The summed E-state index contributed by atoms with van der Waals surface area (Å²) in [6.07, 6.45) is -0.535. The van der Waals surface area contributed by atoms with E-state index < -0.39 is 11.6 Å². The van der Waals surface area contributed by atoms with E-state index in [9.17, 15) is 4.39 Å². The highest BCUT2D eigenvalue weighted by molar-refractivity contribution is 7.22. The number of hydrogen-bond donors (Lipinski definition) is 3. The Bertz CT molecular complexity index is 1450. The molecule has 0 spiro atoms. The van der Waals surface area contributed by atoms with Crippen LogP contribution in [0.15, 0.2) is 18.2 Å². The van der Waals surface area contributed by atoms with E-state index in [2.05, 4.69) is 25.2 Å². The first-order chi connectivity index (χ1) is 17.3. The molecule has 190 valence electrons. The van der Waals surface area contributed by atoms with Crippen LogP contribution in [-0.4, -0.2) is 72.4 Å². The molecule has 1 aliphatic rings. The highest BCUT2D eigenvalue weighted by atomic mass is 35.5. The fourth-order valence-corrected chi connectivity index (χ4v) is 5.45. The van der Waals surface area contributed by atoms with Crippen molar-refractivity contribution >= 4 is 55.0 Å². The lowest BCUT2D eigenvalue weighted by molar-refractivity contribution is 0.0301. The fourth-order valence-electron chi connectivity index (χ4n) is 4.39. The first-order valence-electron chi connectivity index (χ1n) is 11.2. The number of ether oxygens (including phenoxy) is 2. The molecule has 0 radical (unpaired) electrons. The molecule has 1 fully saturated rings. The number of hydrogen-bond acceptors (Lipinski definition) is 10. The van der Waals surface area contributed by atoms with Gasteiger partial charge in [-0.3, -0.25) is 4.90 Å².